The van der Waals surface area contributed by atoms with E-state index in [0.29, 0.717) is 31.0 Å². The first-order valence-electron chi connectivity index (χ1n) is 9.94. The molecule has 1 atom stereocenters. The number of amides is 1. The summed E-state index contributed by atoms with van der Waals surface area (Å²) in [7, 11) is -3.96. The second-order valence-corrected chi connectivity index (χ2v) is 9.70. The Hall–Kier alpha value is -2.70. The molecule has 2 aromatic carbocycles. The first-order valence-corrected chi connectivity index (χ1v) is 11.8. The monoisotopic (exact) mass is 520 g/mol. The fraction of sp³-hybridized carbons (Fsp3) is 0.350. The van der Waals surface area contributed by atoms with Gasteiger partial charge in [-0.05, 0) is 43.2 Å². The van der Waals surface area contributed by atoms with Gasteiger partial charge in [0, 0.05) is 30.2 Å². The van der Waals surface area contributed by atoms with Crippen LogP contribution in [0.15, 0.2) is 51.5 Å². The fourth-order valence-corrected chi connectivity index (χ4v) is 5.49. The third kappa shape index (κ3) is 5.68. The molecule has 0 unspecified atom stereocenters. The number of rotatable bonds is 5. The van der Waals surface area contributed by atoms with Crippen LogP contribution in [0.5, 0.6) is 0 Å². The summed E-state index contributed by atoms with van der Waals surface area (Å²) in [6, 6.07) is 5.09. The van der Waals surface area contributed by atoms with Crippen molar-refractivity contribution in [3.05, 3.63) is 63.9 Å². The van der Waals surface area contributed by atoms with Gasteiger partial charge in [-0.2, -0.15) is 17.5 Å². The molecule has 2 N–H and O–H groups in total. The molecular formula is C20H19ClF4N5O3S+. The largest absolute Gasteiger partial charge is 0.416 e. The number of hydrogen-bond acceptors (Lipinski definition) is 5. The van der Waals surface area contributed by atoms with Crippen molar-refractivity contribution in [2.75, 3.05) is 13.1 Å². The minimum Gasteiger partial charge on any atom is -0.326 e. The molecule has 2 aromatic rings. The van der Waals surface area contributed by atoms with Gasteiger partial charge in [0.2, 0.25) is 20.0 Å². The van der Waals surface area contributed by atoms with Crippen LogP contribution in [0.1, 0.15) is 34.3 Å². The van der Waals surface area contributed by atoms with E-state index in [1.165, 1.54) is 22.5 Å². The first-order chi connectivity index (χ1) is 15.9. The van der Waals surface area contributed by atoms with E-state index in [4.69, 9.17) is 17.3 Å². The molecule has 1 fully saturated rings. The summed E-state index contributed by atoms with van der Waals surface area (Å²) in [5, 5.41) is 7.19. The maximum absolute atomic E-state index is 13.8. The van der Waals surface area contributed by atoms with E-state index in [-0.39, 0.29) is 35.1 Å². The van der Waals surface area contributed by atoms with Gasteiger partial charge < -0.3 is 5.73 Å². The van der Waals surface area contributed by atoms with E-state index < -0.39 is 45.1 Å². The van der Waals surface area contributed by atoms with Gasteiger partial charge in [-0.1, -0.05) is 17.7 Å². The summed E-state index contributed by atoms with van der Waals surface area (Å²) in [6.07, 6.45) is -3.91. The number of carbonyl (C=O) groups is 1. The van der Waals surface area contributed by atoms with E-state index >= 15 is 0 Å². The number of hydrogen-bond donors (Lipinski definition) is 1. The minimum absolute atomic E-state index is 0.0278. The zero-order chi connectivity index (χ0) is 25.1. The number of sulfonamides is 1. The van der Waals surface area contributed by atoms with Crippen LogP contribution in [0.2, 0.25) is 5.02 Å². The van der Waals surface area contributed by atoms with E-state index in [1.807, 2.05) is 0 Å². The topological polar surface area (TPSA) is 119 Å². The standard InChI is InChI=1S/C20H19ClF4N5O3S/c21-16-4-1-5-18(15(16)10-26)34(32,33)30-8-2-3-13(11-30)27-29-28-19(31)14-9-12(20(23,24)25)6-7-17(14)22/h1,4-7,9,13H,2-3,8,10-11,26H2/q+1/t13-/m0/s1. The number of nitrogens with zero attached hydrogens (tertiary/aromatic N) is 4. The van der Waals surface area contributed by atoms with E-state index in [1.54, 1.807) is 0 Å². The van der Waals surface area contributed by atoms with Crippen molar-refractivity contribution in [2.24, 2.45) is 16.0 Å². The molecule has 34 heavy (non-hydrogen) atoms. The summed E-state index contributed by atoms with van der Waals surface area (Å²) in [4.78, 5) is 15.3. The number of benzene rings is 2. The van der Waals surface area contributed by atoms with E-state index in [0.717, 1.165) is 0 Å². The Kier molecular flexibility index (Phi) is 7.84. The van der Waals surface area contributed by atoms with Gasteiger partial charge in [0.15, 0.2) is 0 Å². The summed E-state index contributed by atoms with van der Waals surface area (Å²) >= 11 is 6.07. The lowest BCUT2D eigenvalue weighted by Gasteiger charge is -2.28. The molecule has 0 spiro atoms. The van der Waals surface area contributed by atoms with Gasteiger partial charge in [0.25, 0.3) is 0 Å². The summed E-state index contributed by atoms with van der Waals surface area (Å²) in [6.45, 7) is 0.0404. The second kappa shape index (κ2) is 10.3. The fourth-order valence-electron chi connectivity index (χ4n) is 3.41. The van der Waals surface area contributed by atoms with E-state index in [9.17, 15) is 30.8 Å². The summed E-state index contributed by atoms with van der Waals surface area (Å²) in [5.74, 6) is -2.54. The highest BCUT2D eigenvalue weighted by Gasteiger charge is 2.34. The molecule has 0 saturated carbocycles. The molecule has 14 heteroatoms. The maximum Gasteiger partial charge on any atom is 0.416 e. The van der Waals surface area contributed by atoms with Gasteiger partial charge in [-0.25, -0.2) is 12.8 Å². The lowest BCUT2D eigenvalue weighted by Crippen LogP contribution is -2.42. The van der Waals surface area contributed by atoms with Gasteiger partial charge in [0.05, 0.1) is 16.0 Å². The Morgan fingerprint density at radius 3 is 2.68 bits per heavy atom. The van der Waals surface area contributed by atoms with Crippen LogP contribution < -0.4 is 10.6 Å². The smallest absolute Gasteiger partial charge is 0.326 e. The van der Waals surface area contributed by atoms with Crippen LogP contribution in [0, 0.1) is 5.82 Å². The van der Waals surface area contributed by atoms with Crippen LogP contribution in [0.4, 0.5) is 17.6 Å². The van der Waals surface area contributed by atoms with Crippen LogP contribution in [0.3, 0.4) is 0 Å². The highest BCUT2D eigenvalue weighted by atomic mass is 35.5. The molecule has 0 bridgehead atoms. The van der Waals surface area contributed by atoms with Crippen molar-refractivity contribution in [3.8, 4) is 0 Å². The average molecular weight is 521 g/mol. The van der Waals surface area contributed by atoms with Crippen molar-refractivity contribution >= 4 is 27.5 Å². The number of alkyl halides is 3. The quantitative estimate of drug-likeness (QED) is 0.365. The van der Waals surface area contributed by atoms with Gasteiger partial charge in [0.1, 0.15) is 17.0 Å². The molecule has 182 valence electrons. The number of carbonyl (C=O) groups excluding carboxylic acids is 1. The van der Waals surface area contributed by atoms with Crippen molar-refractivity contribution in [1.29, 1.82) is 0 Å². The van der Waals surface area contributed by atoms with Crippen molar-refractivity contribution in [2.45, 2.75) is 36.5 Å². The molecule has 1 amide bonds. The molecule has 0 radical (unpaired) electrons. The Labute approximate surface area is 197 Å². The van der Waals surface area contributed by atoms with Gasteiger partial charge >= 0.3 is 12.1 Å². The summed E-state index contributed by atoms with van der Waals surface area (Å²) < 4.78 is 79.6. The molecular weight excluding hydrogens is 502 g/mol. The minimum atomic E-state index is -4.77. The van der Waals surface area contributed by atoms with Crippen molar-refractivity contribution < 1.29 is 30.8 Å². The predicted octanol–water partition coefficient (Wildman–Crippen LogP) is 3.92. The Bertz CT molecular complexity index is 1260. The molecule has 3 rings (SSSR count). The van der Waals surface area contributed by atoms with Crippen molar-refractivity contribution in [3.63, 3.8) is 0 Å². The molecule has 0 aliphatic carbocycles. The normalized spacial score (nSPS) is 17.2. The Morgan fingerprint density at radius 1 is 1.26 bits per heavy atom. The number of nitrogens with two attached hydrogens (primary N) is 1. The lowest BCUT2D eigenvalue weighted by atomic mass is 10.1. The molecule has 1 aliphatic heterocycles. The van der Waals surface area contributed by atoms with Crippen LogP contribution >= 0.6 is 11.6 Å². The first kappa shape index (κ1) is 25.9. The van der Waals surface area contributed by atoms with E-state index in [2.05, 4.69) is 15.1 Å². The molecule has 1 heterocycles. The third-order valence-corrected chi connectivity index (χ3v) is 7.44. The molecule has 1 saturated heterocycles. The number of halogens is 5. The average Bonchev–Trinajstić information content (AvgIpc) is 2.78. The predicted molar refractivity (Wildman–Crippen MR) is 114 cm³/mol. The van der Waals surface area contributed by atoms with Crippen LogP contribution in [-0.4, -0.2) is 37.8 Å². The highest BCUT2D eigenvalue weighted by molar-refractivity contribution is 7.89. The maximum atomic E-state index is 13.8. The SMILES string of the molecule is NCc1c(Cl)cccc1S(=O)(=O)N1CCC[C@H](N=[N+]=NC(=O)c2cc(C(F)(F)F)ccc2F)C1. The van der Waals surface area contributed by atoms with Crippen LogP contribution in [0.25, 0.3) is 0 Å². The zero-order valence-corrected chi connectivity index (χ0v) is 19.0. The van der Waals surface area contributed by atoms with Gasteiger partial charge in [-0.15, -0.1) is 0 Å². The summed E-state index contributed by atoms with van der Waals surface area (Å²) in [5.41, 5.74) is 3.81. The Balaban J connectivity index is 1.78. The second-order valence-electron chi connectivity index (χ2n) is 7.38. The zero-order valence-electron chi connectivity index (χ0n) is 17.5. The number of piperidine rings is 1. The molecule has 0 aromatic heterocycles. The highest BCUT2D eigenvalue weighted by Crippen LogP contribution is 2.31. The lowest BCUT2D eigenvalue weighted by molar-refractivity contribution is -0.137. The van der Waals surface area contributed by atoms with Crippen molar-refractivity contribution in [1.82, 2.24) is 9.22 Å². The molecule has 8 nitrogen and oxygen atoms in total. The van der Waals surface area contributed by atoms with Gasteiger partial charge in [-0.3, -0.25) is 4.79 Å². The molecule has 1 aliphatic rings. The van der Waals surface area contributed by atoms with Crippen LogP contribution in [-0.2, 0) is 22.7 Å². The third-order valence-electron chi connectivity index (χ3n) is 5.13. The Morgan fingerprint density at radius 2 is 2.00 bits per heavy atom.